The topological polar surface area (TPSA) is 49.6 Å². The van der Waals surface area contributed by atoms with Crippen molar-refractivity contribution in [3.8, 4) is 16.8 Å². The first-order chi connectivity index (χ1) is 7.70. The SMILES string of the molecule is N#CCc1csc(-c2ncc(Cl)cc2Cl)n1. The van der Waals surface area contributed by atoms with Gasteiger partial charge in [0, 0.05) is 11.6 Å². The lowest BCUT2D eigenvalue weighted by Crippen LogP contribution is -1.86. The van der Waals surface area contributed by atoms with Crippen LogP contribution in [-0.2, 0) is 6.42 Å². The van der Waals surface area contributed by atoms with E-state index in [9.17, 15) is 0 Å². The van der Waals surface area contributed by atoms with Crippen LogP contribution in [0, 0.1) is 11.3 Å². The maximum atomic E-state index is 8.55. The van der Waals surface area contributed by atoms with Crippen LogP contribution in [0.25, 0.3) is 10.7 Å². The molecule has 0 radical (unpaired) electrons. The van der Waals surface area contributed by atoms with Crippen LogP contribution in [0.4, 0.5) is 0 Å². The number of nitrogens with zero attached hydrogens (tertiary/aromatic N) is 3. The van der Waals surface area contributed by atoms with Crippen molar-refractivity contribution in [2.75, 3.05) is 0 Å². The Labute approximate surface area is 106 Å². The van der Waals surface area contributed by atoms with Crippen molar-refractivity contribution in [2.24, 2.45) is 0 Å². The van der Waals surface area contributed by atoms with E-state index in [1.807, 2.05) is 11.4 Å². The number of thiazole rings is 1. The summed E-state index contributed by atoms with van der Waals surface area (Å²) in [5.41, 5.74) is 1.33. The van der Waals surface area contributed by atoms with E-state index in [1.165, 1.54) is 17.5 Å². The summed E-state index contributed by atoms with van der Waals surface area (Å²) in [5, 5.41) is 12.0. The lowest BCUT2D eigenvalue weighted by Gasteiger charge is -1.98. The zero-order valence-electron chi connectivity index (χ0n) is 7.94. The summed E-state index contributed by atoms with van der Waals surface area (Å²) in [5.74, 6) is 0. The molecule has 0 spiro atoms. The van der Waals surface area contributed by atoms with Gasteiger partial charge in [-0.15, -0.1) is 11.3 Å². The third-order valence-corrected chi connectivity index (χ3v) is 3.21. The molecule has 0 bridgehead atoms. The molecule has 3 nitrogen and oxygen atoms in total. The molecule has 0 aliphatic carbocycles. The second kappa shape index (κ2) is 4.79. The van der Waals surface area contributed by atoms with Crippen LogP contribution in [-0.4, -0.2) is 9.97 Å². The largest absolute Gasteiger partial charge is 0.251 e. The second-order valence-corrected chi connectivity index (χ2v) is 4.66. The van der Waals surface area contributed by atoms with Crippen molar-refractivity contribution in [3.05, 3.63) is 33.4 Å². The Balaban J connectivity index is 2.39. The molecule has 16 heavy (non-hydrogen) atoms. The Bertz CT molecular complexity index is 559. The molecular formula is C10H5Cl2N3S. The molecule has 0 saturated heterocycles. The Hall–Kier alpha value is -1.15. The van der Waals surface area contributed by atoms with Crippen LogP contribution >= 0.6 is 34.5 Å². The highest BCUT2D eigenvalue weighted by atomic mass is 35.5. The molecule has 0 unspecified atom stereocenters. The molecule has 2 rings (SSSR count). The molecule has 6 heteroatoms. The zero-order valence-corrected chi connectivity index (χ0v) is 10.3. The molecule has 0 fully saturated rings. The molecule has 0 amide bonds. The Morgan fingerprint density at radius 2 is 2.25 bits per heavy atom. The molecule has 2 aromatic heterocycles. The predicted molar refractivity (Wildman–Crippen MR) is 64.7 cm³/mol. The third-order valence-electron chi connectivity index (χ3n) is 1.82. The summed E-state index contributed by atoms with van der Waals surface area (Å²) in [7, 11) is 0. The third kappa shape index (κ3) is 2.33. The fraction of sp³-hybridized carbons (Fsp3) is 0.100. The molecular weight excluding hydrogens is 265 g/mol. The molecule has 2 heterocycles. The molecule has 0 aromatic carbocycles. The fourth-order valence-electron chi connectivity index (χ4n) is 1.15. The molecule has 0 saturated carbocycles. The van der Waals surface area contributed by atoms with Crippen LogP contribution in [0.1, 0.15) is 5.69 Å². The van der Waals surface area contributed by atoms with E-state index in [-0.39, 0.29) is 0 Å². The number of rotatable bonds is 2. The predicted octanol–water partition coefficient (Wildman–Crippen LogP) is 3.58. The highest BCUT2D eigenvalue weighted by Crippen LogP contribution is 2.30. The van der Waals surface area contributed by atoms with Gasteiger partial charge >= 0.3 is 0 Å². The maximum absolute atomic E-state index is 8.55. The van der Waals surface area contributed by atoms with Crippen LogP contribution in [0.15, 0.2) is 17.6 Å². The smallest absolute Gasteiger partial charge is 0.143 e. The lowest BCUT2D eigenvalue weighted by atomic mass is 10.3. The Kier molecular flexibility index (Phi) is 3.39. The number of pyridine rings is 1. The molecule has 0 aliphatic rings. The highest BCUT2D eigenvalue weighted by molar-refractivity contribution is 7.13. The normalized spacial score (nSPS) is 10.1. The molecule has 0 atom stereocenters. The van der Waals surface area contributed by atoms with E-state index in [2.05, 4.69) is 9.97 Å². The van der Waals surface area contributed by atoms with Crippen molar-refractivity contribution in [3.63, 3.8) is 0 Å². The Morgan fingerprint density at radius 3 is 2.94 bits per heavy atom. The molecule has 0 N–H and O–H groups in total. The van der Waals surface area contributed by atoms with Gasteiger partial charge in [0.05, 0.1) is 28.2 Å². The summed E-state index contributed by atoms with van der Waals surface area (Å²) in [6.07, 6.45) is 1.82. The van der Waals surface area contributed by atoms with Gasteiger partial charge in [0.2, 0.25) is 0 Å². The average molecular weight is 270 g/mol. The van der Waals surface area contributed by atoms with Gasteiger partial charge in [-0.1, -0.05) is 23.2 Å². The van der Waals surface area contributed by atoms with Crippen molar-refractivity contribution in [1.82, 2.24) is 9.97 Å². The second-order valence-electron chi connectivity index (χ2n) is 2.96. The number of aromatic nitrogens is 2. The first kappa shape index (κ1) is 11.3. The summed E-state index contributed by atoms with van der Waals surface area (Å²) >= 11 is 13.2. The van der Waals surface area contributed by atoms with E-state index >= 15 is 0 Å². The van der Waals surface area contributed by atoms with E-state index in [0.717, 1.165) is 5.69 Å². The molecule has 2 aromatic rings. The van der Waals surface area contributed by atoms with Crippen LogP contribution in [0.3, 0.4) is 0 Å². The van der Waals surface area contributed by atoms with Crippen molar-refractivity contribution in [2.45, 2.75) is 6.42 Å². The van der Waals surface area contributed by atoms with Gasteiger partial charge in [0.1, 0.15) is 10.7 Å². The summed E-state index contributed by atoms with van der Waals surface area (Å²) in [6, 6.07) is 3.66. The first-order valence-electron chi connectivity index (χ1n) is 4.33. The van der Waals surface area contributed by atoms with Crippen molar-refractivity contribution in [1.29, 1.82) is 5.26 Å². The summed E-state index contributed by atoms with van der Waals surface area (Å²) < 4.78 is 0. The number of halogens is 2. The van der Waals surface area contributed by atoms with Crippen molar-refractivity contribution >= 4 is 34.5 Å². The standard InChI is InChI=1S/C10H5Cl2N3S/c11-6-3-8(12)9(14-4-6)10-15-7(1-2-13)5-16-10/h3-5H,1H2. The number of nitriles is 1. The molecule has 0 aliphatic heterocycles. The minimum Gasteiger partial charge on any atom is -0.251 e. The van der Waals surface area contributed by atoms with Crippen molar-refractivity contribution < 1.29 is 0 Å². The number of hydrogen-bond donors (Lipinski definition) is 0. The van der Waals surface area contributed by atoms with Crippen LogP contribution < -0.4 is 0 Å². The average Bonchev–Trinajstić information content (AvgIpc) is 2.67. The number of hydrogen-bond acceptors (Lipinski definition) is 4. The van der Waals surface area contributed by atoms with Gasteiger partial charge in [-0.2, -0.15) is 5.26 Å². The van der Waals surface area contributed by atoms with Gasteiger partial charge < -0.3 is 0 Å². The highest BCUT2D eigenvalue weighted by Gasteiger charge is 2.10. The summed E-state index contributed by atoms with van der Waals surface area (Å²) in [4.78, 5) is 8.39. The van der Waals surface area contributed by atoms with Crippen LogP contribution in [0.5, 0.6) is 0 Å². The van der Waals surface area contributed by atoms with E-state index in [4.69, 9.17) is 28.5 Å². The zero-order chi connectivity index (χ0) is 11.5. The first-order valence-corrected chi connectivity index (χ1v) is 5.97. The Morgan fingerprint density at radius 1 is 1.44 bits per heavy atom. The van der Waals surface area contributed by atoms with E-state index in [1.54, 1.807) is 6.07 Å². The van der Waals surface area contributed by atoms with Gasteiger partial charge in [-0.05, 0) is 6.07 Å². The summed E-state index contributed by atoms with van der Waals surface area (Å²) in [6.45, 7) is 0. The lowest BCUT2D eigenvalue weighted by molar-refractivity contribution is 1.15. The van der Waals surface area contributed by atoms with E-state index < -0.39 is 0 Å². The van der Waals surface area contributed by atoms with Gasteiger partial charge in [0.15, 0.2) is 0 Å². The van der Waals surface area contributed by atoms with Crippen LogP contribution in [0.2, 0.25) is 10.0 Å². The maximum Gasteiger partial charge on any atom is 0.143 e. The minimum atomic E-state index is 0.293. The van der Waals surface area contributed by atoms with Gasteiger partial charge in [-0.3, -0.25) is 4.98 Å². The fourth-order valence-corrected chi connectivity index (χ4v) is 2.50. The van der Waals surface area contributed by atoms with Gasteiger partial charge in [-0.25, -0.2) is 4.98 Å². The minimum absolute atomic E-state index is 0.293. The molecule has 80 valence electrons. The van der Waals surface area contributed by atoms with Gasteiger partial charge in [0.25, 0.3) is 0 Å². The quantitative estimate of drug-likeness (QED) is 0.838. The monoisotopic (exact) mass is 269 g/mol. The van der Waals surface area contributed by atoms with E-state index in [0.29, 0.717) is 27.2 Å².